The second-order valence-electron chi connectivity index (χ2n) is 5.45. The lowest BCUT2D eigenvalue weighted by Crippen LogP contribution is -2.36. The first-order valence-corrected chi connectivity index (χ1v) is 8.27. The number of nitrogens with zero attached hydrogens (tertiary/aromatic N) is 2. The summed E-state index contributed by atoms with van der Waals surface area (Å²) < 4.78 is 5.36. The molecule has 23 heavy (non-hydrogen) atoms. The summed E-state index contributed by atoms with van der Waals surface area (Å²) in [5.74, 6) is 0.674. The third-order valence-electron chi connectivity index (χ3n) is 3.71. The van der Waals surface area contributed by atoms with Crippen LogP contribution in [0, 0.1) is 0 Å². The molecule has 1 heterocycles. The molecule has 6 heteroatoms. The fraction of sp³-hybridized carbons (Fsp3) is 0.294. The van der Waals surface area contributed by atoms with Gasteiger partial charge in [-0.3, -0.25) is 4.98 Å². The highest BCUT2D eigenvalue weighted by Gasteiger charge is 2.31. The minimum absolute atomic E-state index is 0.482. The first-order chi connectivity index (χ1) is 11.2. The molecule has 1 N–H and O–H groups in total. The van der Waals surface area contributed by atoms with Crippen molar-refractivity contribution < 1.29 is 4.74 Å². The van der Waals surface area contributed by atoms with Crippen LogP contribution in [0.3, 0.4) is 0 Å². The molecule has 0 saturated heterocycles. The van der Waals surface area contributed by atoms with E-state index in [0.717, 1.165) is 24.2 Å². The number of benzene rings is 1. The van der Waals surface area contributed by atoms with Crippen molar-refractivity contribution >= 4 is 34.6 Å². The summed E-state index contributed by atoms with van der Waals surface area (Å²) in [5, 5.41) is 4.59. The highest BCUT2D eigenvalue weighted by molar-refractivity contribution is 7.80. The number of halogens is 1. The molecule has 0 radical (unpaired) electrons. The Bertz CT molecular complexity index is 691. The van der Waals surface area contributed by atoms with Crippen LogP contribution in [0.5, 0.6) is 5.75 Å². The van der Waals surface area contributed by atoms with Crippen molar-refractivity contribution in [2.45, 2.75) is 25.4 Å². The lowest BCUT2D eigenvalue weighted by molar-refractivity contribution is 0.402. The SMILES string of the molecule is COc1cc(Cl)ccc1NC(=S)N(Cc1ccccn1)C1CC1. The maximum atomic E-state index is 6.00. The van der Waals surface area contributed by atoms with Gasteiger partial charge in [0.2, 0.25) is 0 Å². The molecule has 1 aromatic heterocycles. The third-order valence-corrected chi connectivity index (χ3v) is 4.28. The smallest absolute Gasteiger partial charge is 0.174 e. The molecule has 0 bridgehead atoms. The molecule has 0 atom stereocenters. The van der Waals surface area contributed by atoms with Gasteiger partial charge in [0.15, 0.2) is 5.11 Å². The molecule has 1 aliphatic carbocycles. The summed E-state index contributed by atoms with van der Waals surface area (Å²) in [5.41, 5.74) is 1.82. The maximum absolute atomic E-state index is 6.00. The Kier molecular flexibility index (Phi) is 4.98. The summed E-state index contributed by atoms with van der Waals surface area (Å²) in [7, 11) is 1.62. The van der Waals surface area contributed by atoms with Gasteiger partial charge >= 0.3 is 0 Å². The van der Waals surface area contributed by atoms with E-state index in [0.29, 0.717) is 28.5 Å². The molecule has 1 aromatic carbocycles. The van der Waals surface area contributed by atoms with Crippen molar-refractivity contribution in [1.82, 2.24) is 9.88 Å². The first-order valence-electron chi connectivity index (χ1n) is 7.48. The molecule has 1 fully saturated rings. The Morgan fingerprint density at radius 2 is 2.22 bits per heavy atom. The summed E-state index contributed by atoms with van der Waals surface area (Å²) in [6, 6.07) is 11.9. The number of ether oxygens (including phenoxy) is 1. The number of anilines is 1. The molecule has 0 amide bonds. The lowest BCUT2D eigenvalue weighted by Gasteiger charge is -2.26. The van der Waals surface area contributed by atoms with E-state index >= 15 is 0 Å². The van der Waals surface area contributed by atoms with Crippen LogP contribution in [0.25, 0.3) is 0 Å². The normalized spacial score (nSPS) is 13.5. The van der Waals surface area contributed by atoms with Crippen LogP contribution < -0.4 is 10.1 Å². The van der Waals surface area contributed by atoms with Crippen LogP contribution in [0.2, 0.25) is 5.02 Å². The highest BCUT2D eigenvalue weighted by Crippen LogP contribution is 2.31. The molecular formula is C17H18ClN3OS. The summed E-state index contributed by atoms with van der Waals surface area (Å²) in [6.07, 6.45) is 4.12. The highest BCUT2D eigenvalue weighted by atomic mass is 35.5. The van der Waals surface area contributed by atoms with Crippen LogP contribution in [-0.2, 0) is 6.54 Å². The summed E-state index contributed by atoms with van der Waals surface area (Å²) in [4.78, 5) is 6.58. The fourth-order valence-electron chi connectivity index (χ4n) is 2.37. The van der Waals surface area contributed by atoms with Gasteiger partial charge in [0.1, 0.15) is 5.75 Å². The van der Waals surface area contributed by atoms with Crippen LogP contribution in [0.4, 0.5) is 5.69 Å². The molecule has 3 rings (SSSR count). The number of rotatable bonds is 5. The predicted molar refractivity (Wildman–Crippen MR) is 97.0 cm³/mol. The largest absolute Gasteiger partial charge is 0.495 e. The number of hydrogen-bond donors (Lipinski definition) is 1. The van der Waals surface area contributed by atoms with Gasteiger partial charge < -0.3 is 15.0 Å². The van der Waals surface area contributed by atoms with Gasteiger partial charge in [-0.05, 0) is 49.3 Å². The van der Waals surface area contributed by atoms with Gasteiger partial charge in [-0.2, -0.15) is 0 Å². The summed E-state index contributed by atoms with van der Waals surface area (Å²) >= 11 is 11.6. The fourth-order valence-corrected chi connectivity index (χ4v) is 2.86. The molecule has 4 nitrogen and oxygen atoms in total. The van der Waals surface area contributed by atoms with Gasteiger partial charge in [0, 0.05) is 23.3 Å². The van der Waals surface area contributed by atoms with E-state index in [9.17, 15) is 0 Å². The molecular weight excluding hydrogens is 330 g/mol. The predicted octanol–water partition coefficient (Wildman–Crippen LogP) is 4.11. The van der Waals surface area contributed by atoms with Gasteiger partial charge in [-0.15, -0.1) is 0 Å². The van der Waals surface area contributed by atoms with Gasteiger partial charge in [0.05, 0.1) is 25.0 Å². The second kappa shape index (κ2) is 7.15. The molecule has 2 aromatic rings. The monoisotopic (exact) mass is 347 g/mol. The number of thiocarbonyl (C=S) groups is 1. The zero-order chi connectivity index (χ0) is 16.2. The van der Waals surface area contributed by atoms with Crippen LogP contribution in [-0.4, -0.2) is 28.1 Å². The van der Waals surface area contributed by atoms with E-state index in [4.69, 9.17) is 28.6 Å². The lowest BCUT2D eigenvalue weighted by atomic mass is 10.3. The Labute approximate surface area is 146 Å². The quantitative estimate of drug-likeness (QED) is 0.824. The molecule has 0 aliphatic heterocycles. The minimum Gasteiger partial charge on any atom is -0.495 e. The van der Waals surface area contributed by atoms with Crippen LogP contribution in [0.1, 0.15) is 18.5 Å². The Morgan fingerprint density at radius 1 is 1.39 bits per heavy atom. The maximum Gasteiger partial charge on any atom is 0.174 e. The van der Waals surface area contributed by atoms with Gasteiger partial charge in [-0.25, -0.2) is 0 Å². The Balaban J connectivity index is 1.74. The van der Waals surface area contributed by atoms with Crippen LogP contribution in [0.15, 0.2) is 42.6 Å². The number of pyridine rings is 1. The number of aromatic nitrogens is 1. The molecule has 1 aliphatic rings. The second-order valence-corrected chi connectivity index (χ2v) is 6.28. The van der Waals surface area contributed by atoms with E-state index < -0.39 is 0 Å². The van der Waals surface area contributed by atoms with E-state index in [1.807, 2.05) is 30.3 Å². The number of methoxy groups -OCH3 is 1. The first kappa shape index (κ1) is 16.0. The van der Waals surface area contributed by atoms with E-state index in [1.165, 1.54) is 0 Å². The van der Waals surface area contributed by atoms with Gasteiger partial charge in [0.25, 0.3) is 0 Å². The molecule has 0 unspecified atom stereocenters. The standard InChI is InChI=1S/C17H18ClN3OS/c1-22-16-10-12(18)5-8-15(16)20-17(23)21(14-6-7-14)11-13-4-2-3-9-19-13/h2-5,8-10,14H,6-7,11H2,1H3,(H,20,23). The Hall–Kier alpha value is -1.85. The zero-order valence-electron chi connectivity index (χ0n) is 12.8. The zero-order valence-corrected chi connectivity index (χ0v) is 14.4. The average molecular weight is 348 g/mol. The van der Waals surface area contributed by atoms with Crippen LogP contribution >= 0.6 is 23.8 Å². The topological polar surface area (TPSA) is 37.4 Å². The van der Waals surface area contributed by atoms with Gasteiger partial charge in [-0.1, -0.05) is 17.7 Å². The van der Waals surface area contributed by atoms with E-state index in [2.05, 4.69) is 15.2 Å². The van der Waals surface area contributed by atoms with Crippen molar-refractivity contribution in [1.29, 1.82) is 0 Å². The molecule has 1 saturated carbocycles. The van der Waals surface area contributed by atoms with Crippen molar-refractivity contribution in [3.05, 3.63) is 53.3 Å². The van der Waals surface area contributed by atoms with Crippen molar-refractivity contribution in [2.75, 3.05) is 12.4 Å². The number of hydrogen-bond acceptors (Lipinski definition) is 3. The summed E-state index contributed by atoms with van der Waals surface area (Å²) in [6.45, 7) is 0.702. The Morgan fingerprint density at radius 3 is 2.87 bits per heavy atom. The van der Waals surface area contributed by atoms with Crippen molar-refractivity contribution in [3.63, 3.8) is 0 Å². The van der Waals surface area contributed by atoms with E-state index in [1.54, 1.807) is 19.4 Å². The number of nitrogens with one attached hydrogen (secondary N) is 1. The van der Waals surface area contributed by atoms with Crippen molar-refractivity contribution in [2.24, 2.45) is 0 Å². The van der Waals surface area contributed by atoms with E-state index in [-0.39, 0.29) is 0 Å². The average Bonchev–Trinajstić information content (AvgIpc) is 3.40. The third kappa shape index (κ3) is 4.12. The molecule has 120 valence electrons. The molecule has 0 spiro atoms. The minimum atomic E-state index is 0.482. The van der Waals surface area contributed by atoms with Crippen molar-refractivity contribution in [3.8, 4) is 5.75 Å².